The fourth-order valence-corrected chi connectivity index (χ4v) is 8.79. The highest BCUT2D eigenvalue weighted by molar-refractivity contribution is 6.29. The molecule has 0 saturated heterocycles. The average Bonchev–Trinajstić information content (AvgIpc) is 3.12. The van der Waals surface area contributed by atoms with Crippen LogP contribution in [0.1, 0.15) is 124 Å². The molecule has 4 rings (SSSR count). The van der Waals surface area contributed by atoms with Crippen molar-refractivity contribution in [2.24, 2.45) is 34.5 Å². The van der Waals surface area contributed by atoms with Crippen molar-refractivity contribution >= 4 is 17.6 Å². The molecule has 8 unspecified atom stereocenters. The first-order valence-electron chi connectivity index (χ1n) is 14.3. The van der Waals surface area contributed by atoms with E-state index in [9.17, 15) is 4.79 Å². The summed E-state index contributed by atoms with van der Waals surface area (Å²) >= 11 is 5.95. The molecule has 3 saturated carbocycles. The summed E-state index contributed by atoms with van der Waals surface area (Å²) in [6.45, 7) is 9.24. The van der Waals surface area contributed by atoms with Gasteiger partial charge in [0.05, 0.1) is 0 Å². The second-order valence-corrected chi connectivity index (χ2v) is 13.2. The van der Waals surface area contributed by atoms with Crippen molar-refractivity contribution in [1.82, 2.24) is 0 Å². The third kappa shape index (κ3) is 5.07. The third-order valence-electron chi connectivity index (χ3n) is 10.8. The second-order valence-electron chi connectivity index (χ2n) is 12.6. The third-order valence-corrected chi connectivity index (χ3v) is 10.9. The van der Waals surface area contributed by atoms with Gasteiger partial charge in [0.1, 0.15) is 11.5 Å². The Balaban J connectivity index is 1.38. The number of ether oxygens (including phenoxy) is 1. The van der Waals surface area contributed by atoms with Crippen LogP contribution in [0.2, 0.25) is 0 Å². The van der Waals surface area contributed by atoms with E-state index in [1.165, 1.54) is 83.5 Å². The number of hydrogen-bond acceptors (Lipinski definition) is 2. The van der Waals surface area contributed by atoms with Crippen LogP contribution in [0.15, 0.2) is 11.6 Å². The largest absolute Gasteiger partial charge is 0.461 e. The van der Waals surface area contributed by atoms with Crippen LogP contribution in [-0.2, 0) is 9.53 Å². The van der Waals surface area contributed by atoms with Gasteiger partial charge in [-0.3, -0.25) is 4.79 Å². The van der Waals surface area contributed by atoms with Crippen LogP contribution in [0.4, 0.5) is 0 Å². The van der Waals surface area contributed by atoms with Gasteiger partial charge in [0.2, 0.25) is 0 Å². The number of fused-ring (bicyclic) bond motifs is 5. The van der Waals surface area contributed by atoms with Gasteiger partial charge in [0.25, 0.3) is 0 Å². The van der Waals surface area contributed by atoms with Gasteiger partial charge in [-0.05, 0) is 92.8 Å². The summed E-state index contributed by atoms with van der Waals surface area (Å²) in [4.78, 5) is 12.0. The van der Waals surface area contributed by atoms with Crippen LogP contribution in [0.5, 0.6) is 0 Å². The van der Waals surface area contributed by atoms with E-state index in [0.717, 1.165) is 36.5 Å². The fourth-order valence-electron chi connectivity index (χ4n) is 8.74. The number of rotatable bonds is 9. The maximum absolute atomic E-state index is 12.0. The lowest BCUT2D eigenvalue weighted by molar-refractivity contribution is -0.150. The highest BCUT2D eigenvalue weighted by Gasteiger charge is 2.58. The predicted octanol–water partition coefficient (Wildman–Crippen LogP) is 8.86. The summed E-state index contributed by atoms with van der Waals surface area (Å²) in [6, 6.07) is 0. The number of esters is 1. The van der Waals surface area contributed by atoms with E-state index in [0.29, 0.717) is 10.8 Å². The van der Waals surface area contributed by atoms with E-state index in [4.69, 9.17) is 16.3 Å². The minimum Gasteiger partial charge on any atom is -0.461 e. The van der Waals surface area contributed by atoms with Gasteiger partial charge in [-0.15, -0.1) is 11.6 Å². The average molecular weight is 477 g/mol. The first kappa shape index (κ1) is 25.6. The highest BCUT2D eigenvalue weighted by atomic mass is 35.5. The number of carbonyl (C=O) groups excluding carboxylic acids is 1. The molecule has 0 heterocycles. The first-order chi connectivity index (χ1) is 15.8. The Kier molecular flexibility index (Phi) is 8.24. The molecule has 0 aromatic carbocycles. The minimum absolute atomic E-state index is 0.0246. The molecule has 4 aliphatic carbocycles. The van der Waals surface area contributed by atoms with Crippen molar-refractivity contribution in [3.05, 3.63) is 11.6 Å². The van der Waals surface area contributed by atoms with Crippen LogP contribution < -0.4 is 0 Å². The zero-order valence-corrected chi connectivity index (χ0v) is 22.6. The molecular weight excluding hydrogens is 428 g/mol. The molecule has 33 heavy (non-hydrogen) atoms. The van der Waals surface area contributed by atoms with Crippen LogP contribution >= 0.6 is 11.6 Å². The number of allylic oxidation sites excluding steroid dienone is 1. The molecule has 0 bridgehead atoms. The van der Waals surface area contributed by atoms with E-state index in [1.807, 2.05) is 0 Å². The van der Waals surface area contributed by atoms with Gasteiger partial charge >= 0.3 is 5.97 Å². The van der Waals surface area contributed by atoms with Gasteiger partial charge in [0, 0.05) is 6.42 Å². The summed E-state index contributed by atoms with van der Waals surface area (Å²) < 4.78 is 5.74. The van der Waals surface area contributed by atoms with Crippen molar-refractivity contribution in [1.29, 1.82) is 0 Å². The summed E-state index contributed by atoms with van der Waals surface area (Å²) in [5, 5.41) is -0.550. The predicted molar refractivity (Wildman–Crippen MR) is 138 cm³/mol. The zero-order valence-electron chi connectivity index (χ0n) is 21.8. The number of halogens is 1. The smallest absolute Gasteiger partial charge is 0.324 e. The molecule has 0 radical (unpaired) electrons. The van der Waals surface area contributed by atoms with E-state index in [-0.39, 0.29) is 12.1 Å². The lowest BCUT2D eigenvalue weighted by Crippen LogP contribution is -2.50. The standard InChI is InChI=1S/C30H49ClO2/c1-5-6-7-8-9-10-11-22-13-15-26-25-14-12-23-20-24(33-28(32)21(2)31)16-18-30(23,4)27(25)17-19-29(22,26)3/h12,21-22,24-27H,5-11,13-20H2,1-4H3. The van der Waals surface area contributed by atoms with Gasteiger partial charge < -0.3 is 4.74 Å². The van der Waals surface area contributed by atoms with Gasteiger partial charge in [-0.1, -0.05) is 70.9 Å². The Morgan fingerprint density at radius 2 is 1.82 bits per heavy atom. The topological polar surface area (TPSA) is 26.3 Å². The summed E-state index contributed by atoms with van der Waals surface area (Å²) in [7, 11) is 0. The maximum Gasteiger partial charge on any atom is 0.324 e. The summed E-state index contributed by atoms with van der Waals surface area (Å²) in [5.41, 5.74) is 2.48. The van der Waals surface area contributed by atoms with Crippen LogP contribution in [0, 0.1) is 34.5 Å². The first-order valence-corrected chi connectivity index (χ1v) is 14.8. The molecule has 0 amide bonds. The van der Waals surface area contributed by atoms with E-state index in [2.05, 4.69) is 26.8 Å². The Bertz CT molecular complexity index is 714. The van der Waals surface area contributed by atoms with Crippen molar-refractivity contribution < 1.29 is 9.53 Å². The lowest BCUT2D eigenvalue weighted by atomic mass is 9.47. The van der Waals surface area contributed by atoms with Crippen LogP contribution in [-0.4, -0.2) is 17.5 Å². The molecule has 2 nitrogen and oxygen atoms in total. The molecule has 3 fully saturated rings. The quantitative estimate of drug-likeness (QED) is 0.144. The van der Waals surface area contributed by atoms with E-state index < -0.39 is 5.38 Å². The Morgan fingerprint density at radius 3 is 2.58 bits per heavy atom. The highest BCUT2D eigenvalue weighted by Crippen LogP contribution is 2.66. The molecule has 3 heteroatoms. The molecule has 4 aliphatic rings. The number of carbonyl (C=O) groups is 1. The van der Waals surface area contributed by atoms with Crippen molar-refractivity contribution in [3.8, 4) is 0 Å². The molecule has 0 spiro atoms. The molecule has 0 aromatic rings. The summed E-state index contributed by atoms with van der Waals surface area (Å²) in [6.07, 6.45) is 22.7. The molecule has 0 N–H and O–H groups in total. The molecule has 188 valence electrons. The van der Waals surface area contributed by atoms with Crippen molar-refractivity contribution in [2.75, 3.05) is 0 Å². The fraction of sp³-hybridized carbons (Fsp3) is 0.900. The normalized spacial score (nSPS) is 40.9. The number of hydrogen-bond donors (Lipinski definition) is 0. The monoisotopic (exact) mass is 476 g/mol. The zero-order chi connectivity index (χ0) is 23.6. The minimum atomic E-state index is -0.550. The van der Waals surface area contributed by atoms with Crippen molar-refractivity contribution in [3.63, 3.8) is 0 Å². The SMILES string of the molecule is CCCCCCCCC1CCC2C3CC=C4CC(OC(=O)C(C)Cl)CCC4(C)C3CCC12C. The van der Waals surface area contributed by atoms with E-state index >= 15 is 0 Å². The van der Waals surface area contributed by atoms with Crippen LogP contribution in [0.3, 0.4) is 0 Å². The molecule has 8 atom stereocenters. The van der Waals surface area contributed by atoms with Gasteiger partial charge in [-0.25, -0.2) is 0 Å². The Hall–Kier alpha value is -0.500. The number of unbranched alkanes of at least 4 members (excludes halogenated alkanes) is 5. The lowest BCUT2D eigenvalue weighted by Gasteiger charge is -2.58. The van der Waals surface area contributed by atoms with Gasteiger partial charge in [0.15, 0.2) is 0 Å². The van der Waals surface area contributed by atoms with Gasteiger partial charge in [-0.2, -0.15) is 0 Å². The second kappa shape index (κ2) is 10.6. The number of alkyl halides is 1. The summed E-state index contributed by atoms with van der Waals surface area (Å²) in [5.74, 6) is 3.32. The van der Waals surface area contributed by atoms with E-state index in [1.54, 1.807) is 12.5 Å². The molecule has 0 aromatic heterocycles. The molecule has 0 aliphatic heterocycles. The molecular formula is C30H49ClO2. The van der Waals surface area contributed by atoms with Crippen LogP contribution in [0.25, 0.3) is 0 Å². The Morgan fingerprint density at radius 1 is 1.06 bits per heavy atom. The Labute approximate surface area is 208 Å². The van der Waals surface area contributed by atoms with Crippen molar-refractivity contribution in [2.45, 2.75) is 135 Å². The maximum atomic E-state index is 12.0.